The van der Waals surface area contributed by atoms with Gasteiger partial charge < -0.3 is 10.2 Å². The highest BCUT2D eigenvalue weighted by Crippen LogP contribution is 2.28. The highest BCUT2D eigenvalue weighted by Gasteiger charge is 2.19. The third-order valence-corrected chi connectivity index (χ3v) is 4.00. The van der Waals surface area contributed by atoms with Gasteiger partial charge in [-0.3, -0.25) is 0 Å². The molecule has 0 atom stereocenters. The third kappa shape index (κ3) is 4.16. The van der Waals surface area contributed by atoms with Crippen LogP contribution in [-0.2, 0) is 12.1 Å². The van der Waals surface area contributed by atoms with Crippen molar-refractivity contribution in [1.29, 1.82) is 0 Å². The first-order valence-electron chi connectivity index (χ1n) is 6.88. The Balaban J connectivity index is 1.97. The first kappa shape index (κ1) is 14.8. The van der Waals surface area contributed by atoms with E-state index in [-0.39, 0.29) is 0 Å². The van der Waals surface area contributed by atoms with E-state index >= 15 is 0 Å². The largest absolute Gasteiger partial charge is 0.314 e. The summed E-state index contributed by atoms with van der Waals surface area (Å²) in [4.78, 5) is 2.43. The molecule has 2 rings (SSSR count). The lowest BCUT2D eigenvalue weighted by atomic mass is 9.98. The average molecular weight is 285 g/mol. The van der Waals surface area contributed by atoms with E-state index in [1.165, 1.54) is 0 Å². The van der Waals surface area contributed by atoms with Crippen molar-refractivity contribution >= 4 is 11.6 Å². The predicted molar refractivity (Wildman–Crippen MR) is 78.6 cm³/mol. The Morgan fingerprint density at radius 2 is 2.00 bits per heavy atom. The summed E-state index contributed by atoms with van der Waals surface area (Å²) < 4.78 is 13.8. The quantitative estimate of drug-likeness (QED) is 0.914. The molecule has 1 heterocycles. The smallest absolute Gasteiger partial charge is 0.130 e. The Morgan fingerprint density at radius 1 is 1.32 bits per heavy atom. The summed E-state index contributed by atoms with van der Waals surface area (Å²) in [6.07, 6.45) is 0.922. The van der Waals surface area contributed by atoms with Crippen molar-refractivity contribution in [2.45, 2.75) is 25.9 Å². The van der Waals surface area contributed by atoms with Crippen LogP contribution in [0.3, 0.4) is 0 Å². The molecule has 2 nitrogen and oxygen atoms in total. The topological polar surface area (TPSA) is 15.3 Å². The molecule has 0 bridgehead atoms. The molecule has 0 amide bonds. The number of hydrogen-bond acceptors (Lipinski definition) is 2. The number of halogens is 2. The summed E-state index contributed by atoms with van der Waals surface area (Å²) in [5, 5.41) is 4.02. The Labute approximate surface area is 119 Å². The van der Waals surface area contributed by atoms with Gasteiger partial charge in [0.2, 0.25) is 0 Å². The molecule has 1 N–H and O–H groups in total. The molecule has 0 radical (unpaired) electrons. The Morgan fingerprint density at radius 3 is 2.58 bits per heavy atom. The van der Waals surface area contributed by atoms with E-state index in [1.54, 1.807) is 19.9 Å². The van der Waals surface area contributed by atoms with Crippen molar-refractivity contribution in [1.82, 2.24) is 10.2 Å². The van der Waals surface area contributed by atoms with Gasteiger partial charge in [-0.05, 0) is 37.5 Å². The van der Waals surface area contributed by atoms with Crippen LogP contribution in [0.2, 0.25) is 5.02 Å². The molecule has 1 saturated heterocycles. The third-order valence-electron chi connectivity index (χ3n) is 3.65. The fraction of sp³-hybridized carbons (Fsp3) is 0.600. The van der Waals surface area contributed by atoms with Crippen molar-refractivity contribution in [3.8, 4) is 0 Å². The van der Waals surface area contributed by atoms with Crippen molar-refractivity contribution in [3.05, 3.63) is 34.3 Å². The number of hydrogen-bond donors (Lipinski definition) is 1. The number of nitrogens with one attached hydrogen (secondary N) is 1. The molecule has 19 heavy (non-hydrogen) atoms. The van der Waals surface area contributed by atoms with Crippen molar-refractivity contribution in [2.24, 2.45) is 0 Å². The molecule has 1 aliphatic heterocycles. The van der Waals surface area contributed by atoms with Gasteiger partial charge in [-0.15, -0.1) is 0 Å². The lowest BCUT2D eigenvalue weighted by Crippen LogP contribution is -2.44. The van der Waals surface area contributed by atoms with E-state index in [4.69, 9.17) is 11.6 Å². The second-order valence-corrected chi connectivity index (χ2v) is 6.03. The monoisotopic (exact) mass is 284 g/mol. The Hall–Kier alpha value is -0.640. The van der Waals surface area contributed by atoms with Crippen LogP contribution >= 0.6 is 11.6 Å². The molecule has 106 valence electrons. The van der Waals surface area contributed by atoms with Gasteiger partial charge in [0, 0.05) is 37.7 Å². The first-order chi connectivity index (χ1) is 8.97. The summed E-state index contributed by atoms with van der Waals surface area (Å²) in [7, 11) is 0. The van der Waals surface area contributed by atoms with E-state index in [0.29, 0.717) is 10.6 Å². The second kappa shape index (κ2) is 6.21. The zero-order valence-corrected chi connectivity index (χ0v) is 12.4. The zero-order chi connectivity index (χ0) is 13.9. The van der Waals surface area contributed by atoms with Gasteiger partial charge in [-0.25, -0.2) is 4.39 Å². The maximum atomic E-state index is 13.8. The van der Waals surface area contributed by atoms with Crippen molar-refractivity contribution < 1.29 is 4.39 Å². The van der Waals surface area contributed by atoms with Gasteiger partial charge in [-0.1, -0.05) is 23.7 Å². The lowest BCUT2D eigenvalue weighted by Gasteiger charge is -2.27. The fourth-order valence-electron chi connectivity index (χ4n) is 2.33. The molecule has 0 aliphatic carbocycles. The molecule has 0 aromatic heterocycles. The Bertz CT molecular complexity index is 423. The van der Waals surface area contributed by atoms with E-state index in [0.717, 1.165) is 44.7 Å². The molecular formula is C15H22ClFN2. The molecular weight excluding hydrogens is 263 g/mol. The number of rotatable bonds is 4. The van der Waals surface area contributed by atoms with E-state index in [1.807, 2.05) is 12.1 Å². The van der Waals surface area contributed by atoms with E-state index < -0.39 is 5.67 Å². The van der Waals surface area contributed by atoms with Crippen LogP contribution in [0.1, 0.15) is 25.0 Å². The summed E-state index contributed by atoms with van der Waals surface area (Å²) in [6, 6.07) is 5.56. The van der Waals surface area contributed by atoms with Crippen LogP contribution in [0.25, 0.3) is 0 Å². The van der Waals surface area contributed by atoms with Gasteiger partial charge in [0.15, 0.2) is 0 Å². The second-order valence-electron chi connectivity index (χ2n) is 5.62. The highest BCUT2D eigenvalue weighted by molar-refractivity contribution is 6.31. The number of alkyl halides is 1. The molecule has 0 spiro atoms. The average Bonchev–Trinajstić information content (AvgIpc) is 2.37. The summed E-state index contributed by atoms with van der Waals surface area (Å²) >= 11 is 6.26. The van der Waals surface area contributed by atoms with Crippen molar-refractivity contribution in [2.75, 3.05) is 32.7 Å². The van der Waals surface area contributed by atoms with Crippen LogP contribution in [-0.4, -0.2) is 37.6 Å². The number of nitrogens with zero attached hydrogens (tertiary/aromatic N) is 1. The number of piperazine rings is 1. The maximum absolute atomic E-state index is 13.8. The lowest BCUT2D eigenvalue weighted by molar-refractivity contribution is 0.221. The molecule has 4 heteroatoms. The molecule has 1 aliphatic rings. The minimum absolute atomic E-state index is 0.642. The summed E-state index contributed by atoms with van der Waals surface area (Å²) in [5.74, 6) is 0. The van der Waals surface area contributed by atoms with Gasteiger partial charge in [0.1, 0.15) is 5.67 Å². The van der Waals surface area contributed by atoms with Crippen LogP contribution in [0, 0.1) is 0 Å². The van der Waals surface area contributed by atoms with Gasteiger partial charge in [-0.2, -0.15) is 0 Å². The molecule has 1 aromatic rings. The summed E-state index contributed by atoms with van der Waals surface area (Å²) in [5.41, 5.74) is 0.414. The fourth-order valence-corrected chi connectivity index (χ4v) is 2.61. The van der Waals surface area contributed by atoms with Gasteiger partial charge in [0.05, 0.1) is 0 Å². The molecule has 0 saturated carbocycles. The normalized spacial score (nSPS) is 17.7. The predicted octanol–water partition coefficient (Wildman–Crippen LogP) is 2.99. The van der Waals surface area contributed by atoms with Crippen LogP contribution in [0.4, 0.5) is 4.39 Å². The van der Waals surface area contributed by atoms with Crippen LogP contribution in [0.5, 0.6) is 0 Å². The first-order valence-corrected chi connectivity index (χ1v) is 7.25. The van der Waals surface area contributed by atoms with Gasteiger partial charge >= 0.3 is 0 Å². The summed E-state index contributed by atoms with van der Waals surface area (Å²) in [6.45, 7) is 8.42. The zero-order valence-electron chi connectivity index (χ0n) is 11.7. The SMILES string of the molecule is CC(C)(F)c1ccc(CCN2CCNCC2)c(Cl)c1. The standard InChI is InChI=1S/C15H22ClFN2/c1-15(2,17)13-4-3-12(14(16)11-13)5-8-19-9-6-18-7-10-19/h3-4,11,18H,5-10H2,1-2H3. The minimum Gasteiger partial charge on any atom is -0.314 e. The van der Waals surface area contributed by atoms with E-state index in [9.17, 15) is 4.39 Å². The highest BCUT2D eigenvalue weighted by atomic mass is 35.5. The Kier molecular flexibility index (Phi) is 4.82. The molecule has 1 fully saturated rings. The molecule has 0 unspecified atom stereocenters. The van der Waals surface area contributed by atoms with Crippen LogP contribution in [0.15, 0.2) is 18.2 Å². The van der Waals surface area contributed by atoms with Crippen LogP contribution < -0.4 is 5.32 Å². The van der Waals surface area contributed by atoms with Crippen molar-refractivity contribution in [3.63, 3.8) is 0 Å². The van der Waals surface area contributed by atoms with E-state index in [2.05, 4.69) is 10.2 Å². The number of benzene rings is 1. The van der Waals surface area contributed by atoms with Gasteiger partial charge in [0.25, 0.3) is 0 Å². The molecule has 1 aromatic carbocycles. The maximum Gasteiger partial charge on any atom is 0.130 e. The minimum atomic E-state index is -1.33.